The fraction of sp³-hybridized carbons (Fsp3) is 0.333. The van der Waals surface area contributed by atoms with Crippen molar-refractivity contribution in [2.24, 2.45) is 0 Å². The first-order chi connectivity index (χ1) is 17.1. The van der Waals surface area contributed by atoms with Crippen LogP contribution in [0.3, 0.4) is 0 Å². The van der Waals surface area contributed by atoms with Gasteiger partial charge in [-0.2, -0.15) is 0 Å². The second kappa shape index (κ2) is 11.0. The smallest absolute Gasteiger partial charge is 0.171 e. The summed E-state index contributed by atoms with van der Waals surface area (Å²) in [6.45, 7) is 7.33. The molecular weight excluding hydrogens is 476 g/mol. The Morgan fingerprint density at radius 2 is 1.66 bits per heavy atom. The summed E-state index contributed by atoms with van der Waals surface area (Å²) in [5, 5.41) is 0.647. The Morgan fingerprint density at radius 3 is 2.43 bits per heavy atom. The third-order valence-corrected chi connectivity index (χ3v) is 7.77. The van der Waals surface area contributed by atoms with E-state index >= 15 is 0 Å². The number of hydrogen-bond donors (Lipinski definition) is 0. The number of piperazine rings is 1. The van der Waals surface area contributed by atoms with Crippen LogP contribution in [-0.2, 0) is 6.54 Å². The quantitative estimate of drug-likeness (QED) is 0.330. The molecule has 1 saturated heterocycles. The zero-order chi connectivity index (χ0) is 24.2. The lowest BCUT2D eigenvalue weighted by atomic mass is 10.2. The molecule has 0 spiro atoms. The molecule has 0 radical (unpaired) electrons. The van der Waals surface area contributed by atoms with Crippen LogP contribution < -0.4 is 4.90 Å². The van der Waals surface area contributed by atoms with Gasteiger partial charge in [-0.15, -0.1) is 0 Å². The molecule has 0 atom stereocenters. The van der Waals surface area contributed by atoms with Crippen molar-refractivity contribution in [3.8, 4) is 11.5 Å². The standard InChI is InChI=1S/C27H31ClN6S/c1-31(14-15-32-16-18-33(19-17-32)20-21-8-4-3-5-9-21)24-12-13-29-26(25(24)28)27-30-22-10-6-7-11-23(22)34(27)35-2/h3-13H,14-20H2,1-2H3. The topological polar surface area (TPSA) is 40.4 Å². The van der Waals surface area contributed by atoms with E-state index in [0.29, 0.717) is 5.02 Å². The number of hydrogen-bond acceptors (Lipinski definition) is 6. The van der Waals surface area contributed by atoms with Crippen molar-refractivity contribution >= 4 is 40.3 Å². The zero-order valence-electron chi connectivity index (χ0n) is 20.3. The molecule has 1 fully saturated rings. The molecule has 0 unspecified atom stereocenters. The number of pyridine rings is 1. The molecule has 5 rings (SSSR count). The van der Waals surface area contributed by atoms with Crippen LogP contribution in [0, 0.1) is 0 Å². The highest BCUT2D eigenvalue weighted by Crippen LogP contribution is 2.36. The maximum absolute atomic E-state index is 6.93. The van der Waals surface area contributed by atoms with Crippen molar-refractivity contribution in [3.63, 3.8) is 0 Å². The predicted octanol–water partition coefficient (Wildman–Crippen LogP) is 5.13. The molecule has 8 heteroatoms. The van der Waals surface area contributed by atoms with E-state index in [-0.39, 0.29) is 0 Å². The first kappa shape index (κ1) is 24.1. The van der Waals surface area contributed by atoms with Gasteiger partial charge in [0.2, 0.25) is 0 Å². The highest BCUT2D eigenvalue weighted by molar-refractivity contribution is 7.97. The van der Waals surface area contributed by atoms with Gasteiger partial charge in [0.25, 0.3) is 0 Å². The molecule has 0 N–H and O–H groups in total. The SMILES string of the molecule is CSn1c(-c2nccc(N(C)CCN3CCN(Cc4ccccc4)CC3)c2Cl)nc2ccccc21. The number of para-hydroxylation sites is 2. The normalized spacial score (nSPS) is 15.1. The molecule has 1 aliphatic rings. The summed E-state index contributed by atoms with van der Waals surface area (Å²) in [4.78, 5) is 16.8. The number of nitrogens with zero attached hydrogens (tertiary/aromatic N) is 6. The highest BCUT2D eigenvalue weighted by Gasteiger charge is 2.21. The van der Waals surface area contributed by atoms with Crippen LogP contribution in [0.2, 0.25) is 5.02 Å². The molecule has 3 heterocycles. The lowest BCUT2D eigenvalue weighted by Gasteiger charge is -2.35. The van der Waals surface area contributed by atoms with Crippen molar-refractivity contribution in [2.45, 2.75) is 6.54 Å². The minimum absolute atomic E-state index is 0.647. The molecule has 6 nitrogen and oxygen atoms in total. The van der Waals surface area contributed by atoms with Crippen molar-refractivity contribution in [1.29, 1.82) is 0 Å². The fourth-order valence-corrected chi connectivity index (χ4v) is 5.64. The molecule has 2 aromatic carbocycles. The molecule has 2 aromatic heterocycles. The summed E-state index contributed by atoms with van der Waals surface area (Å²) in [5.74, 6) is 0.786. The number of halogens is 1. The van der Waals surface area contributed by atoms with Gasteiger partial charge in [-0.25, -0.2) is 4.98 Å². The van der Waals surface area contributed by atoms with E-state index in [1.54, 1.807) is 11.9 Å². The van der Waals surface area contributed by atoms with Crippen molar-refractivity contribution in [3.05, 3.63) is 77.4 Å². The van der Waals surface area contributed by atoms with Gasteiger partial charge in [0.05, 0.1) is 21.7 Å². The van der Waals surface area contributed by atoms with Gasteiger partial charge in [0.15, 0.2) is 5.82 Å². The molecule has 4 aromatic rings. The second-order valence-corrected chi connectivity index (χ2v) is 10.0. The van der Waals surface area contributed by atoms with Crippen molar-refractivity contribution < 1.29 is 0 Å². The molecular formula is C27H31ClN6S. The third-order valence-electron chi connectivity index (χ3n) is 6.66. The third kappa shape index (κ3) is 5.33. The van der Waals surface area contributed by atoms with E-state index < -0.39 is 0 Å². The number of rotatable bonds is 8. The lowest BCUT2D eigenvalue weighted by Crippen LogP contribution is -2.47. The Balaban J connectivity index is 1.23. The van der Waals surface area contributed by atoms with Crippen LogP contribution in [0.4, 0.5) is 5.69 Å². The van der Waals surface area contributed by atoms with Gasteiger partial charge in [-0.3, -0.25) is 18.8 Å². The fourth-order valence-electron chi connectivity index (χ4n) is 4.65. The molecule has 0 amide bonds. The highest BCUT2D eigenvalue weighted by atomic mass is 35.5. The van der Waals surface area contributed by atoms with Crippen LogP contribution in [0.15, 0.2) is 66.9 Å². The van der Waals surface area contributed by atoms with Crippen LogP contribution in [0.25, 0.3) is 22.6 Å². The van der Waals surface area contributed by atoms with Gasteiger partial charge in [-0.1, -0.05) is 54.1 Å². The van der Waals surface area contributed by atoms with Crippen LogP contribution in [0.1, 0.15) is 5.56 Å². The molecule has 0 saturated carbocycles. The van der Waals surface area contributed by atoms with Crippen LogP contribution in [0.5, 0.6) is 0 Å². The van der Waals surface area contributed by atoms with E-state index in [1.807, 2.05) is 36.7 Å². The van der Waals surface area contributed by atoms with Gasteiger partial charge in [0.1, 0.15) is 5.69 Å². The number of imidazole rings is 1. The van der Waals surface area contributed by atoms with Gasteiger partial charge >= 0.3 is 0 Å². The number of fused-ring (bicyclic) bond motifs is 1. The van der Waals surface area contributed by atoms with Crippen molar-refractivity contribution in [1.82, 2.24) is 23.7 Å². The Morgan fingerprint density at radius 1 is 0.943 bits per heavy atom. The Hall–Kier alpha value is -2.58. The molecule has 35 heavy (non-hydrogen) atoms. The predicted molar refractivity (Wildman–Crippen MR) is 148 cm³/mol. The van der Waals surface area contributed by atoms with E-state index in [4.69, 9.17) is 16.6 Å². The van der Waals surface area contributed by atoms with Gasteiger partial charge < -0.3 is 4.90 Å². The van der Waals surface area contributed by atoms with E-state index in [1.165, 1.54) is 5.56 Å². The molecule has 0 bridgehead atoms. The summed E-state index contributed by atoms with van der Waals surface area (Å²) in [7, 11) is 2.11. The monoisotopic (exact) mass is 506 g/mol. The second-order valence-electron chi connectivity index (χ2n) is 8.92. The Bertz CT molecular complexity index is 1270. The maximum Gasteiger partial charge on any atom is 0.171 e. The van der Waals surface area contributed by atoms with Crippen LogP contribution >= 0.6 is 23.5 Å². The number of benzene rings is 2. The number of aromatic nitrogens is 3. The summed E-state index contributed by atoms with van der Waals surface area (Å²) < 4.78 is 2.10. The maximum atomic E-state index is 6.93. The minimum atomic E-state index is 0.647. The van der Waals surface area contributed by atoms with E-state index in [0.717, 1.165) is 74.1 Å². The average Bonchev–Trinajstić information content (AvgIpc) is 3.27. The zero-order valence-corrected chi connectivity index (χ0v) is 21.8. The number of likely N-dealkylation sites (N-methyl/N-ethyl adjacent to an activating group) is 1. The summed E-state index contributed by atoms with van der Waals surface area (Å²) >= 11 is 8.54. The van der Waals surface area contributed by atoms with Crippen molar-refractivity contribution in [2.75, 3.05) is 57.5 Å². The average molecular weight is 507 g/mol. The Labute approximate surface area is 216 Å². The molecule has 182 valence electrons. The number of anilines is 1. The molecule has 1 aliphatic heterocycles. The summed E-state index contributed by atoms with van der Waals surface area (Å²) in [6.07, 6.45) is 3.88. The minimum Gasteiger partial charge on any atom is -0.372 e. The molecule has 0 aliphatic carbocycles. The van der Waals surface area contributed by atoms with E-state index in [9.17, 15) is 0 Å². The first-order valence-electron chi connectivity index (χ1n) is 12.0. The summed E-state index contributed by atoms with van der Waals surface area (Å²) in [5.41, 5.74) is 5.10. The summed E-state index contributed by atoms with van der Waals surface area (Å²) in [6, 6.07) is 20.9. The first-order valence-corrected chi connectivity index (χ1v) is 13.6. The van der Waals surface area contributed by atoms with Gasteiger partial charge in [-0.05, 0) is 35.7 Å². The largest absolute Gasteiger partial charge is 0.372 e. The lowest BCUT2D eigenvalue weighted by molar-refractivity contribution is 0.129. The van der Waals surface area contributed by atoms with E-state index in [2.05, 4.69) is 67.1 Å². The Kier molecular flexibility index (Phi) is 7.58. The van der Waals surface area contributed by atoms with Gasteiger partial charge in [0, 0.05) is 65.3 Å². The van der Waals surface area contributed by atoms with Crippen LogP contribution in [-0.4, -0.2) is 76.3 Å².